The first kappa shape index (κ1) is 21.4. The number of hydrogen-bond donors (Lipinski definition) is 2. The van der Waals surface area contributed by atoms with Gasteiger partial charge in [0.15, 0.2) is 0 Å². The van der Waals surface area contributed by atoms with Crippen LogP contribution in [-0.2, 0) is 4.74 Å². The second-order valence-electron chi connectivity index (χ2n) is 7.17. The maximum absolute atomic E-state index is 14.8. The van der Waals surface area contributed by atoms with Crippen LogP contribution in [0.1, 0.15) is 19.3 Å². The number of allylic oxidation sites excluding steroid dienone is 1. The summed E-state index contributed by atoms with van der Waals surface area (Å²) < 4.78 is 20.0. The molecule has 2 saturated heterocycles. The molecule has 10 heteroatoms. The Morgan fingerprint density at radius 2 is 2.20 bits per heavy atom. The number of nitriles is 1. The second-order valence-corrected chi connectivity index (χ2v) is 7.17. The summed E-state index contributed by atoms with van der Waals surface area (Å²) in [5.41, 5.74) is 4.71. The van der Waals surface area contributed by atoms with Crippen LogP contribution in [0.3, 0.4) is 0 Å². The van der Waals surface area contributed by atoms with Crippen LogP contribution in [0, 0.1) is 17.1 Å². The van der Waals surface area contributed by atoms with Gasteiger partial charge in [0.1, 0.15) is 11.9 Å². The number of halogens is 1. The van der Waals surface area contributed by atoms with E-state index in [1.165, 1.54) is 23.6 Å². The second kappa shape index (κ2) is 9.45. The Labute approximate surface area is 173 Å². The van der Waals surface area contributed by atoms with Crippen LogP contribution < -0.4 is 15.2 Å². The third kappa shape index (κ3) is 4.99. The van der Waals surface area contributed by atoms with E-state index >= 15 is 0 Å². The molecule has 1 atom stereocenters. The Bertz CT molecular complexity index is 874. The molecule has 1 aromatic carbocycles. The molecule has 2 fully saturated rings. The van der Waals surface area contributed by atoms with Crippen molar-refractivity contribution in [2.24, 2.45) is 0 Å². The summed E-state index contributed by atoms with van der Waals surface area (Å²) >= 11 is 0. The number of nitrogens with zero attached hydrogens (tertiary/aromatic N) is 4. The summed E-state index contributed by atoms with van der Waals surface area (Å²) in [6.45, 7) is 1.66. The number of rotatable bonds is 6. The van der Waals surface area contributed by atoms with E-state index in [9.17, 15) is 14.0 Å². The first-order valence-electron chi connectivity index (χ1n) is 9.66. The van der Waals surface area contributed by atoms with E-state index in [-0.39, 0.29) is 13.1 Å². The summed E-state index contributed by atoms with van der Waals surface area (Å²) in [6.07, 6.45) is 1.61. The molecular formula is C20H24FN5O4. The van der Waals surface area contributed by atoms with Gasteiger partial charge in [-0.05, 0) is 31.0 Å². The summed E-state index contributed by atoms with van der Waals surface area (Å²) in [4.78, 5) is 26.3. The van der Waals surface area contributed by atoms with Gasteiger partial charge >= 0.3 is 12.2 Å². The molecular weight excluding hydrogens is 393 g/mol. The van der Waals surface area contributed by atoms with Gasteiger partial charge in [-0.3, -0.25) is 4.90 Å². The smallest absolute Gasteiger partial charge is 0.421 e. The van der Waals surface area contributed by atoms with E-state index < -0.39 is 24.1 Å². The van der Waals surface area contributed by atoms with Gasteiger partial charge in [-0.15, -0.1) is 0 Å². The number of anilines is 2. The van der Waals surface area contributed by atoms with Gasteiger partial charge < -0.3 is 14.7 Å². The molecule has 2 aliphatic rings. The van der Waals surface area contributed by atoms with Crippen LogP contribution in [0.4, 0.5) is 25.4 Å². The number of carbonyl (C=O) groups excluding carboxylic acids is 1. The number of cyclic esters (lactones) is 1. The number of carbonyl (C=O) groups is 2. The Balaban J connectivity index is 1.61. The Morgan fingerprint density at radius 3 is 2.83 bits per heavy atom. The van der Waals surface area contributed by atoms with Gasteiger partial charge in [-0.25, -0.2) is 24.4 Å². The number of hydrogen-bond acceptors (Lipinski definition) is 6. The quantitative estimate of drug-likeness (QED) is 0.541. The minimum atomic E-state index is -1.15. The standard InChI is InChI=1S/C20H24FN5O4/c1-24(19(27)28)23-12-16-13-26(20(29)30-16)15-4-5-18(17(21)11-15)25-9-6-14(7-10-25)3-2-8-22/h3-5,11,16,23H,2,6-7,9-10,12-13H2,1H3,(H,27,28)/t16-/m1/s1. The molecule has 0 saturated carbocycles. The van der Waals surface area contributed by atoms with Crippen molar-refractivity contribution in [1.82, 2.24) is 10.4 Å². The number of ether oxygens (including phenoxy) is 1. The summed E-state index contributed by atoms with van der Waals surface area (Å²) in [6, 6.07) is 6.76. The number of hydrazine groups is 1. The van der Waals surface area contributed by atoms with Crippen molar-refractivity contribution < 1.29 is 23.8 Å². The summed E-state index contributed by atoms with van der Waals surface area (Å²) in [5.74, 6) is -0.420. The lowest BCUT2D eigenvalue weighted by atomic mass is 10.0. The van der Waals surface area contributed by atoms with E-state index in [4.69, 9.17) is 15.1 Å². The number of nitrogens with one attached hydrogen (secondary N) is 1. The first-order chi connectivity index (χ1) is 14.4. The molecule has 2 heterocycles. The maximum atomic E-state index is 14.8. The number of piperidine rings is 1. The van der Waals surface area contributed by atoms with Crippen LogP contribution in [0.5, 0.6) is 0 Å². The fraction of sp³-hybridized carbons (Fsp3) is 0.450. The zero-order chi connectivity index (χ0) is 21.7. The van der Waals surface area contributed by atoms with Crippen molar-refractivity contribution in [3.8, 4) is 6.07 Å². The average molecular weight is 417 g/mol. The fourth-order valence-electron chi connectivity index (χ4n) is 3.49. The zero-order valence-corrected chi connectivity index (χ0v) is 16.7. The SMILES string of the molecule is CN(NC[C@@H]1CN(c2ccc(N3CCC(=CCC#N)CC3)c(F)c2)C(=O)O1)C(=O)O. The predicted molar refractivity (Wildman–Crippen MR) is 108 cm³/mol. The average Bonchev–Trinajstić information content (AvgIpc) is 3.11. The molecule has 30 heavy (non-hydrogen) atoms. The third-order valence-electron chi connectivity index (χ3n) is 5.19. The van der Waals surface area contributed by atoms with E-state index in [1.54, 1.807) is 12.1 Å². The zero-order valence-electron chi connectivity index (χ0n) is 16.7. The topological polar surface area (TPSA) is 109 Å². The van der Waals surface area contributed by atoms with Gasteiger partial charge in [0.2, 0.25) is 0 Å². The van der Waals surface area contributed by atoms with Gasteiger partial charge in [-0.1, -0.05) is 11.6 Å². The molecule has 0 radical (unpaired) electrons. The Morgan fingerprint density at radius 1 is 1.47 bits per heavy atom. The molecule has 0 bridgehead atoms. The van der Waals surface area contributed by atoms with Crippen molar-refractivity contribution in [2.75, 3.05) is 43.0 Å². The molecule has 1 aromatic rings. The van der Waals surface area contributed by atoms with Crippen LogP contribution in [-0.4, -0.2) is 61.6 Å². The number of carboxylic acid groups (broad SMARTS) is 1. The largest absolute Gasteiger partial charge is 0.464 e. The van der Waals surface area contributed by atoms with E-state index in [0.717, 1.165) is 17.9 Å². The molecule has 0 aromatic heterocycles. The van der Waals surface area contributed by atoms with Gasteiger partial charge in [-0.2, -0.15) is 5.26 Å². The lowest BCUT2D eigenvalue weighted by Gasteiger charge is -2.31. The van der Waals surface area contributed by atoms with Crippen LogP contribution in [0.25, 0.3) is 0 Å². The van der Waals surface area contributed by atoms with Crippen molar-refractivity contribution in [1.29, 1.82) is 5.26 Å². The first-order valence-corrected chi connectivity index (χ1v) is 9.66. The van der Waals surface area contributed by atoms with E-state index in [0.29, 0.717) is 30.9 Å². The van der Waals surface area contributed by atoms with Crippen LogP contribution in [0.2, 0.25) is 0 Å². The Kier molecular flexibility index (Phi) is 6.74. The maximum Gasteiger partial charge on any atom is 0.421 e. The van der Waals surface area contributed by atoms with Crippen LogP contribution >= 0.6 is 0 Å². The highest BCUT2D eigenvalue weighted by molar-refractivity contribution is 5.90. The molecule has 2 amide bonds. The van der Waals surface area contributed by atoms with Crippen LogP contribution in [0.15, 0.2) is 29.8 Å². The molecule has 2 N–H and O–H groups in total. The molecule has 3 rings (SSSR count). The molecule has 0 spiro atoms. The van der Waals surface area contributed by atoms with Crippen molar-refractivity contribution in [3.63, 3.8) is 0 Å². The Hall–Kier alpha value is -3.32. The monoisotopic (exact) mass is 417 g/mol. The number of benzene rings is 1. The highest BCUT2D eigenvalue weighted by Crippen LogP contribution is 2.30. The minimum Gasteiger partial charge on any atom is -0.464 e. The predicted octanol–water partition coefficient (Wildman–Crippen LogP) is 2.71. The molecule has 9 nitrogen and oxygen atoms in total. The lowest BCUT2D eigenvalue weighted by Crippen LogP contribution is -2.43. The third-order valence-corrected chi connectivity index (χ3v) is 5.19. The minimum absolute atomic E-state index is 0.126. The highest BCUT2D eigenvalue weighted by Gasteiger charge is 2.33. The van der Waals surface area contributed by atoms with Gasteiger partial charge in [0, 0.05) is 20.1 Å². The molecule has 0 aliphatic carbocycles. The highest BCUT2D eigenvalue weighted by atomic mass is 19.1. The number of amides is 2. The van der Waals surface area contributed by atoms with Crippen molar-refractivity contribution >= 4 is 23.6 Å². The molecule has 160 valence electrons. The van der Waals surface area contributed by atoms with E-state index in [2.05, 4.69) is 11.5 Å². The normalized spacial score (nSPS) is 18.8. The van der Waals surface area contributed by atoms with E-state index in [1.807, 2.05) is 11.0 Å². The fourth-order valence-corrected chi connectivity index (χ4v) is 3.49. The van der Waals surface area contributed by atoms with Gasteiger partial charge in [0.25, 0.3) is 0 Å². The molecule has 2 aliphatic heterocycles. The van der Waals surface area contributed by atoms with Crippen molar-refractivity contribution in [3.05, 3.63) is 35.7 Å². The molecule has 0 unspecified atom stereocenters. The van der Waals surface area contributed by atoms with Gasteiger partial charge in [0.05, 0.1) is 37.0 Å². The van der Waals surface area contributed by atoms with Crippen molar-refractivity contribution in [2.45, 2.75) is 25.4 Å². The lowest BCUT2D eigenvalue weighted by molar-refractivity contribution is 0.108. The summed E-state index contributed by atoms with van der Waals surface area (Å²) in [7, 11) is 1.34. The summed E-state index contributed by atoms with van der Waals surface area (Å²) in [5, 5.41) is 18.4.